The molecule has 0 amide bonds. The third kappa shape index (κ3) is 2.84. The fraction of sp³-hybridized carbons (Fsp3) is 0. The molecular formula is C15H8N4S. The van der Waals surface area contributed by atoms with Gasteiger partial charge in [-0.25, -0.2) is 0 Å². The predicted octanol–water partition coefficient (Wildman–Crippen LogP) is 3.65. The zero-order valence-electron chi connectivity index (χ0n) is 10.3. The van der Waals surface area contributed by atoms with Gasteiger partial charge in [0.25, 0.3) is 0 Å². The molecule has 1 aromatic carbocycles. The van der Waals surface area contributed by atoms with E-state index in [1.54, 1.807) is 35.6 Å². The Morgan fingerprint density at radius 2 is 1.60 bits per heavy atom. The molecule has 0 aliphatic carbocycles. The van der Waals surface area contributed by atoms with Gasteiger partial charge in [0.15, 0.2) is 5.57 Å². The molecule has 0 bridgehead atoms. The summed E-state index contributed by atoms with van der Waals surface area (Å²) in [6.07, 6.45) is 0. The van der Waals surface area contributed by atoms with Crippen LogP contribution < -0.4 is 5.32 Å². The quantitative estimate of drug-likeness (QED) is 0.867. The number of anilines is 1. The van der Waals surface area contributed by atoms with Crippen LogP contribution in [-0.2, 0) is 0 Å². The summed E-state index contributed by atoms with van der Waals surface area (Å²) in [7, 11) is 0. The SMILES string of the molecule is N#CC(C#N)=C(C#N)Nc1ccc(-c2ccsc2)cc1. The lowest BCUT2D eigenvalue weighted by molar-refractivity contribution is 1.37. The molecule has 1 aromatic heterocycles. The first kappa shape index (κ1) is 13.4. The Morgan fingerprint density at radius 1 is 0.900 bits per heavy atom. The van der Waals surface area contributed by atoms with Crippen LogP contribution in [-0.4, -0.2) is 0 Å². The molecule has 0 aliphatic heterocycles. The van der Waals surface area contributed by atoms with Gasteiger partial charge >= 0.3 is 0 Å². The normalized spacial score (nSPS) is 8.85. The third-order valence-electron chi connectivity index (χ3n) is 2.59. The van der Waals surface area contributed by atoms with Gasteiger partial charge in [0, 0.05) is 5.69 Å². The van der Waals surface area contributed by atoms with E-state index in [0.29, 0.717) is 5.69 Å². The van der Waals surface area contributed by atoms with Crippen LogP contribution in [0.3, 0.4) is 0 Å². The summed E-state index contributed by atoms with van der Waals surface area (Å²) in [6.45, 7) is 0. The molecule has 0 atom stereocenters. The molecule has 0 spiro atoms. The summed E-state index contributed by atoms with van der Waals surface area (Å²) in [5.74, 6) is 0. The highest BCUT2D eigenvalue weighted by molar-refractivity contribution is 7.08. The number of hydrogen-bond acceptors (Lipinski definition) is 5. The summed E-state index contributed by atoms with van der Waals surface area (Å²) in [6, 6.07) is 14.7. The maximum absolute atomic E-state index is 8.95. The molecule has 1 N–H and O–H groups in total. The number of allylic oxidation sites excluding steroid dienone is 2. The van der Waals surface area contributed by atoms with Crippen LogP contribution in [0.1, 0.15) is 0 Å². The van der Waals surface area contributed by atoms with Gasteiger partial charge in [-0.1, -0.05) is 12.1 Å². The largest absolute Gasteiger partial charge is 0.345 e. The average molecular weight is 276 g/mol. The van der Waals surface area contributed by atoms with E-state index < -0.39 is 0 Å². The first-order valence-corrected chi connectivity index (χ1v) is 6.57. The van der Waals surface area contributed by atoms with Crippen molar-refractivity contribution in [3.8, 4) is 29.3 Å². The van der Waals surface area contributed by atoms with Crippen molar-refractivity contribution < 1.29 is 0 Å². The third-order valence-corrected chi connectivity index (χ3v) is 3.28. The predicted molar refractivity (Wildman–Crippen MR) is 77.2 cm³/mol. The highest BCUT2D eigenvalue weighted by atomic mass is 32.1. The van der Waals surface area contributed by atoms with Crippen molar-refractivity contribution in [2.75, 3.05) is 5.32 Å². The maximum atomic E-state index is 8.95. The van der Waals surface area contributed by atoms with Crippen LogP contribution >= 0.6 is 11.3 Å². The lowest BCUT2D eigenvalue weighted by atomic mass is 10.1. The fourth-order valence-corrected chi connectivity index (χ4v) is 2.27. The lowest BCUT2D eigenvalue weighted by Crippen LogP contribution is -2.00. The minimum Gasteiger partial charge on any atom is -0.345 e. The zero-order chi connectivity index (χ0) is 14.4. The van der Waals surface area contributed by atoms with Crippen LogP contribution in [0.2, 0.25) is 0 Å². The van der Waals surface area contributed by atoms with Crippen molar-refractivity contribution in [1.29, 1.82) is 15.8 Å². The number of rotatable bonds is 3. The van der Waals surface area contributed by atoms with E-state index in [-0.39, 0.29) is 11.3 Å². The van der Waals surface area contributed by atoms with E-state index >= 15 is 0 Å². The minimum absolute atomic E-state index is 0.0433. The van der Waals surface area contributed by atoms with E-state index in [9.17, 15) is 0 Å². The molecule has 0 aliphatic rings. The lowest BCUT2D eigenvalue weighted by Gasteiger charge is -2.05. The smallest absolute Gasteiger partial charge is 0.163 e. The number of nitrogens with one attached hydrogen (secondary N) is 1. The molecule has 5 heteroatoms. The number of nitrogens with zero attached hydrogens (tertiary/aromatic N) is 3. The van der Waals surface area contributed by atoms with Crippen LogP contribution in [0.15, 0.2) is 52.4 Å². The van der Waals surface area contributed by atoms with E-state index in [1.165, 1.54) is 0 Å². The summed E-state index contributed by atoms with van der Waals surface area (Å²) >= 11 is 1.62. The Labute approximate surface area is 120 Å². The van der Waals surface area contributed by atoms with Gasteiger partial charge in [-0.15, -0.1) is 0 Å². The number of nitriles is 3. The Kier molecular flexibility index (Phi) is 4.14. The van der Waals surface area contributed by atoms with Gasteiger partial charge in [-0.2, -0.15) is 27.1 Å². The van der Waals surface area contributed by atoms with Crippen LogP contribution in [0.5, 0.6) is 0 Å². The van der Waals surface area contributed by atoms with E-state index in [2.05, 4.69) is 5.32 Å². The molecule has 20 heavy (non-hydrogen) atoms. The topological polar surface area (TPSA) is 83.4 Å². The van der Waals surface area contributed by atoms with E-state index in [1.807, 2.05) is 35.0 Å². The minimum atomic E-state index is -0.227. The van der Waals surface area contributed by atoms with Crippen molar-refractivity contribution >= 4 is 17.0 Å². The molecule has 0 unspecified atom stereocenters. The molecule has 0 saturated carbocycles. The zero-order valence-corrected chi connectivity index (χ0v) is 11.1. The van der Waals surface area contributed by atoms with Crippen molar-refractivity contribution in [2.24, 2.45) is 0 Å². The van der Waals surface area contributed by atoms with Crippen LogP contribution in [0.4, 0.5) is 5.69 Å². The monoisotopic (exact) mass is 276 g/mol. The Hall–Kier alpha value is -3.07. The molecule has 4 nitrogen and oxygen atoms in total. The first-order valence-electron chi connectivity index (χ1n) is 5.62. The van der Waals surface area contributed by atoms with Crippen LogP contribution in [0.25, 0.3) is 11.1 Å². The van der Waals surface area contributed by atoms with Crippen molar-refractivity contribution in [3.05, 3.63) is 52.4 Å². The Balaban J connectivity index is 2.25. The second kappa shape index (κ2) is 6.20. The average Bonchev–Trinajstić information content (AvgIpc) is 3.02. The molecule has 2 aromatic rings. The van der Waals surface area contributed by atoms with Gasteiger partial charge < -0.3 is 5.32 Å². The molecular weight excluding hydrogens is 268 g/mol. The molecule has 0 saturated heterocycles. The molecule has 2 rings (SSSR count). The fourth-order valence-electron chi connectivity index (χ4n) is 1.60. The summed E-state index contributed by atoms with van der Waals surface area (Å²) in [5.41, 5.74) is 2.59. The molecule has 94 valence electrons. The van der Waals surface area contributed by atoms with E-state index in [4.69, 9.17) is 15.8 Å². The number of thiophene rings is 1. The van der Waals surface area contributed by atoms with Gasteiger partial charge in [0.05, 0.1) is 0 Å². The first-order chi connectivity index (χ1) is 9.78. The number of benzene rings is 1. The van der Waals surface area contributed by atoms with Gasteiger partial charge in [-0.3, -0.25) is 0 Å². The van der Waals surface area contributed by atoms with Crippen molar-refractivity contribution in [3.63, 3.8) is 0 Å². The van der Waals surface area contributed by atoms with Crippen LogP contribution in [0, 0.1) is 34.0 Å². The van der Waals surface area contributed by atoms with E-state index in [0.717, 1.165) is 11.1 Å². The summed E-state index contributed by atoms with van der Waals surface area (Å²) in [5, 5.41) is 33.3. The molecule has 0 radical (unpaired) electrons. The molecule has 1 heterocycles. The Morgan fingerprint density at radius 3 is 2.10 bits per heavy atom. The number of hydrogen-bond donors (Lipinski definition) is 1. The molecule has 0 fully saturated rings. The summed E-state index contributed by atoms with van der Waals surface area (Å²) < 4.78 is 0. The maximum Gasteiger partial charge on any atom is 0.163 e. The Bertz CT molecular complexity index is 734. The van der Waals surface area contributed by atoms with Crippen molar-refractivity contribution in [1.82, 2.24) is 0 Å². The highest BCUT2D eigenvalue weighted by Gasteiger charge is 2.06. The van der Waals surface area contributed by atoms with Crippen molar-refractivity contribution in [2.45, 2.75) is 0 Å². The second-order valence-corrected chi connectivity index (χ2v) is 4.58. The highest BCUT2D eigenvalue weighted by Crippen LogP contribution is 2.24. The summed E-state index contributed by atoms with van der Waals surface area (Å²) in [4.78, 5) is 0. The van der Waals surface area contributed by atoms with Gasteiger partial charge in [-0.05, 0) is 40.1 Å². The van der Waals surface area contributed by atoms with Gasteiger partial charge in [0.2, 0.25) is 0 Å². The standard InChI is InChI=1S/C15H8N4S/c16-7-13(8-17)15(9-18)19-14-3-1-11(2-4-14)12-5-6-20-10-12/h1-6,10,19H. The second-order valence-electron chi connectivity index (χ2n) is 3.80. The van der Waals surface area contributed by atoms with Gasteiger partial charge in [0.1, 0.15) is 23.9 Å².